The average Bonchev–Trinajstić information content (AvgIpc) is 2.29. The number of pyridine rings is 1. The molecule has 0 saturated heterocycles. The van der Waals surface area contributed by atoms with E-state index in [0.717, 1.165) is 17.4 Å². The maximum absolute atomic E-state index is 11.2. The van der Waals surface area contributed by atoms with Gasteiger partial charge in [-0.15, -0.1) is 0 Å². The topological polar surface area (TPSA) is 39.2 Å². The Morgan fingerprint density at radius 3 is 3.13 bits per heavy atom. The Labute approximate surface area is 97.3 Å². The van der Waals surface area contributed by atoms with Crippen LogP contribution in [0.5, 0.6) is 0 Å². The van der Waals surface area contributed by atoms with Gasteiger partial charge in [-0.1, -0.05) is 22.0 Å². The van der Waals surface area contributed by atoms with Crippen molar-refractivity contribution in [2.75, 3.05) is 12.4 Å². The molecule has 0 bridgehead atoms. The molecule has 0 aliphatic carbocycles. The molecule has 1 heterocycles. The van der Waals surface area contributed by atoms with Crippen LogP contribution in [-0.4, -0.2) is 23.4 Å². The molecule has 0 radical (unpaired) electrons. The average molecular weight is 270 g/mol. The number of rotatable bonds is 4. The fraction of sp³-hybridized carbons (Fsp3) is 0.273. The van der Waals surface area contributed by atoms with Crippen LogP contribution in [0.3, 0.4) is 0 Å². The summed E-state index contributed by atoms with van der Waals surface area (Å²) in [4.78, 5) is 15.3. The summed E-state index contributed by atoms with van der Waals surface area (Å²) in [5.41, 5.74) is 1.28. The molecular formula is C11H12BrNO2. The number of alkyl halides is 1. The highest BCUT2D eigenvalue weighted by molar-refractivity contribution is 9.09. The van der Waals surface area contributed by atoms with Gasteiger partial charge in [-0.2, -0.15) is 0 Å². The molecule has 15 heavy (non-hydrogen) atoms. The summed E-state index contributed by atoms with van der Waals surface area (Å²) in [5.74, 6) is -0.340. The van der Waals surface area contributed by atoms with Crippen molar-refractivity contribution in [2.45, 2.75) is 6.42 Å². The maximum atomic E-state index is 11.2. The Morgan fingerprint density at radius 1 is 1.67 bits per heavy atom. The van der Waals surface area contributed by atoms with Crippen molar-refractivity contribution in [2.24, 2.45) is 0 Å². The number of methoxy groups -OCH3 is 1. The molecule has 0 spiro atoms. The van der Waals surface area contributed by atoms with Gasteiger partial charge in [0.2, 0.25) is 0 Å². The molecule has 0 fully saturated rings. The summed E-state index contributed by atoms with van der Waals surface area (Å²) in [6.45, 7) is 0. The smallest absolute Gasteiger partial charge is 0.337 e. The lowest BCUT2D eigenvalue weighted by molar-refractivity contribution is 0.0600. The van der Waals surface area contributed by atoms with Crippen molar-refractivity contribution >= 4 is 28.0 Å². The van der Waals surface area contributed by atoms with Gasteiger partial charge in [-0.25, -0.2) is 4.79 Å². The van der Waals surface area contributed by atoms with Crippen LogP contribution in [0.1, 0.15) is 22.5 Å². The van der Waals surface area contributed by atoms with Crippen LogP contribution in [0, 0.1) is 0 Å². The predicted octanol–water partition coefficient (Wildman–Crippen LogP) is 2.67. The van der Waals surface area contributed by atoms with Crippen LogP contribution in [-0.2, 0) is 4.74 Å². The molecule has 3 nitrogen and oxygen atoms in total. The lowest BCUT2D eigenvalue weighted by Crippen LogP contribution is -2.01. The molecule has 0 saturated carbocycles. The first-order chi connectivity index (χ1) is 7.27. The number of allylic oxidation sites excluding steroid dienone is 1. The highest BCUT2D eigenvalue weighted by atomic mass is 79.9. The zero-order valence-corrected chi connectivity index (χ0v) is 10.0. The minimum Gasteiger partial charge on any atom is -0.465 e. The first kappa shape index (κ1) is 11.9. The molecule has 1 aromatic heterocycles. The molecular weight excluding hydrogens is 258 g/mol. The standard InChI is InChI=1S/C11H12BrNO2/c1-15-11(14)9-5-7-13-10(8-9)4-2-3-6-12/h2,4-5,7-8H,3,6H2,1H3. The van der Waals surface area contributed by atoms with Gasteiger partial charge in [0.1, 0.15) is 0 Å². The van der Waals surface area contributed by atoms with E-state index in [9.17, 15) is 4.79 Å². The molecule has 4 heteroatoms. The first-order valence-corrected chi connectivity index (χ1v) is 5.67. The summed E-state index contributed by atoms with van der Waals surface area (Å²) in [6, 6.07) is 3.34. The second kappa shape index (κ2) is 6.35. The lowest BCUT2D eigenvalue weighted by Gasteiger charge is -1.99. The summed E-state index contributed by atoms with van der Waals surface area (Å²) in [7, 11) is 1.36. The largest absolute Gasteiger partial charge is 0.465 e. The minimum absolute atomic E-state index is 0.340. The number of halogens is 1. The SMILES string of the molecule is COC(=O)c1ccnc(C=CCCBr)c1. The van der Waals surface area contributed by atoms with Crippen LogP contribution in [0.15, 0.2) is 24.4 Å². The van der Waals surface area contributed by atoms with E-state index in [0.29, 0.717) is 5.56 Å². The molecule has 1 rings (SSSR count). The van der Waals surface area contributed by atoms with Crippen molar-refractivity contribution in [1.29, 1.82) is 0 Å². The van der Waals surface area contributed by atoms with Crippen molar-refractivity contribution in [3.05, 3.63) is 35.7 Å². The van der Waals surface area contributed by atoms with Crippen LogP contribution >= 0.6 is 15.9 Å². The van der Waals surface area contributed by atoms with Gasteiger partial charge in [-0.3, -0.25) is 4.98 Å². The van der Waals surface area contributed by atoms with Crippen LogP contribution in [0.4, 0.5) is 0 Å². The van der Waals surface area contributed by atoms with E-state index in [4.69, 9.17) is 0 Å². The number of carbonyl (C=O) groups is 1. The Kier molecular flexibility index (Phi) is 5.04. The Bertz CT molecular complexity index is 363. The van der Waals surface area contributed by atoms with E-state index in [1.807, 2.05) is 12.2 Å². The number of esters is 1. The highest BCUT2D eigenvalue weighted by Crippen LogP contribution is 2.05. The molecule has 0 aliphatic heterocycles. The molecule has 1 aromatic rings. The third kappa shape index (κ3) is 3.83. The van der Waals surface area contributed by atoms with Crippen molar-refractivity contribution in [1.82, 2.24) is 4.98 Å². The van der Waals surface area contributed by atoms with E-state index in [1.54, 1.807) is 18.3 Å². The van der Waals surface area contributed by atoms with Gasteiger partial charge >= 0.3 is 5.97 Å². The monoisotopic (exact) mass is 269 g/mol. The maximum Gasteiger partial charge on any atom is 0.337 e. The van der Waals surface area contributed by atoms with E-state index in [-0.39, 0.29) is 5.97 Å². The zero-order valence-electron chi connectivity index (χ0n) is 8.44. The molecule has 80 valence electrons. The molecule has 0 atom stereocenters. The molecule has 0 unspecified atom stereocenters. The van der Waals surface area contributed by atoms with Crippen LogP contribution in [0.2, 0.25) is 0 Å². The second-order valence-corrected chi connectivity index (χ2v) is 3.63. The van der Waals surface area contributed by atoms with Gasteiger partial charge in [-0.05, 0) is 24.6 Å². The number of hydrogen-bond acceptors (Lipinski definition) is 3. The Morgan fingerprint density at radius 2 is 2.47 bits per heavy atom. The number of hydrogen-bond donors (Lipinski definition) is 0. The van der Waals surface area contributed by atoms with Gasteiger partial charge in [0.05, 0.1) is 18.4 Å². The van der Waals surface area contributed by atoms with E-state index < -0.39 is 0 Å². The van der Waals surface area contributed by atoms with E-state index in [2.05, 4.69) is 25.7 Å². The van der Waals surface area contributed by atoms with Crippen LogP contribution in [0.25, 0.3) is 6.08 Å². The summed E-state index contributed by atoms with van der Waals surface area (Å²) in [6.07, 6.45) is 6.41. The van der Waals surface area contributed by atoms with Crippen molar-refractivity contribution in [3.8, 4) is 0 Å². The lowest BCUT2D eigenvalue weighted by atomic mass is 10.2. The van der Waals surface area contributed by atoms with Gasteiger partial charge in [0.25, 0.3) is 0 Å². The predicted molar refractivity (Wildman–Crippen MR) is 63.0 cm³/mol. The first-order valence-electron chi connectivity index (χ1n) is 4.55. The number of carbonyl (C=O) groups excluding carboxylic acids is 1. The number of ether oxygens (including phenoxy) is 1. The summed E-state index contributed by atoms with van der Waals surface area (Å²) in [5, 5.41) is 0.917. The Hall–Kier alpha value is -1.16. The third-order valence-electron chi connectivity index (χ3n) is 1.77. The second-order valence-electron chi connectivity index (χ2n) is 2.84. The fourth-order valence-corrected chi connectivity index (χ4v) is 1.32. The van der Waals surface area contributed by atoms with Crippen LogP contribution < -0.4 is 0 Å². The minimum atomic E-state index is -0.340. The molecule has 0 N–H and O–H groups in total. The normalized spacial score (nSPS) is 10.5. The molecule has 0 aromatic carbocycles. The summed E-state index contributed by atoms with van der Waals surface area (Å²) >= 11 is 3.33. The van der Waals surface area contributed by atoms with Gasteiger partial charge < -0.3 is 4.74 Å². The Balaban J connectivity index is 2.78. The van der Waals surface area contributed by atoms with Gasteiger partial charge in [0.15, 0.2) is 0 Å². The van der Waals surface area contributed by atoms with Gasteiger partial charge in [0, 0.05) is 11.5 Å². The van der Waals surface area contributed by atoms with Crippen molar-refractivity contribution < 1.29 is 9.53 Å². The highest BCUT2D eigenvalue weighted by Gasteiger charge is 2.04. The summed E-state index contributed by atoms with van der Waals surface area (Å²) < 4.78 is 4.62. The van der Waals surface area contributed by atoms with E-state index >= 15 is 0 Å². The van der Waals surface area contributed by atoms with Crippen molar-refractivity contribution in [3.63, 3.8) is 0 Å². The zero-order chi connectivity index (χ0) is 11.1. The quantitative estimate of drug-likeness (QED) is 0.623. The third-order valence-corrected chi connectivity index (χ3v) is 2.22. The van der Waals surface area contributed by atoms with E-state index in [1.165, 1.54) is 7.11 Å². The number of aromatic nitrogens is 1. The molecule has 0 amide bonds. The fourth-order valence-electron chi connectivity index (χ4n) is 1.05. The molecule has 0 aliphatic rings. The number of nitrogens with zero attached hydrogens (tertiary/aromatic N) is 1.